The number of rotatable bonds is 8. The van der Waals surface area contributed by atoms with E-state index in [1.807, 2.05) is 0 Å². The van der Waals surface area contributed by atoms with Crippen LogP contribution in [0.25, 0.3) is 0 Å². The zero-order valence-electron chi connectivity index (χ0n) is 26.6. The molecule has 1 aliphatic rings. The van der Waals surface area contributed by atoms with Crippen LogP contribution < -0.4 is 11.2 Å². The van der Waals surface area contributed by atoms with Gasteiger partial charge >= 0.3 is 5.69 Å². The fourth-order valence-corrected chi connectivity index (χ4v) is 7.12. The van der Waals surface area contributed by atoms with Gasteiger partial charge in [-0.2, -0.15) is 0 Å². The zero-order valence-corrected chi connectivity index (χ0v) is 29.6. The minimum absolute atomic E-state index is 0.0354. The number of aromatic nitrogens is 2. The standard InChI is InChI=1S/C27H54N2O6Si3/c1-25(2,3)36(10,11)32-18-19-21(34-37(12,13)26(4,5)6)22(35-38(14,15)27(7,8)9)23(33-19)29-17-16-20(30)28-24(29)31/h16-17,19,21-23H,18H2,1-15H3,(H,28,30,31). The van der Waals surface area contributed by atoms with Gasteiger partial charge in [0.2, 0.25) is 0 Å². The van der Waals surface area contributed by atoms with Crippen molar-refractivity contribution in [2.75, 3.05) is 6.61 Å². The summed E-state index contributed by atoms with van der Waals surface area (Å²) >= 11 is 0. The maximum Gasteiger partial charge on any atom is 0.330 e. The highest BCUT2D eigenvalue weighted by Gasteiger charge is 2.55. The molecule has 11 heteroatoms. The molecule has 220 valence electrons. The number of H-pyrrole nitrogens is 1. The van der Waals surface area contributed by atoms with Gasteiger partial charge in [0.1, 0.15) is 18.3 Å². The quantitative estimate of drug-likeness (QED) is 0.363. The normalized spacial score (nSPS) is 24.2. The molecule has 0 aromatic carbocycles. The Hall–Kier alpha value is -0.829. The van der Waals surface area contributed by atoms with E-state index in [1.165, 1.54) is 16.8 Å². The molecule has 0 amide bonds. The van der Waals surface area contributed by atoms with Crippen molar-refractivity contribution in [3.63, 3.8) is 0 Å². The number of nitrogens with one attached hydrogen (secondary N) is 1. The fraction of sp³-hybridized carbons (Fsp3) is 0.852. The molecular formula is C27H54N2O6Si3. The van der Waals surface area contributed by atoms with E-state index < -0.39 is 60.7 Å². The third kappa shape index (κ3) is 7.27. The Balaban J connectivity index is 2.65. The molecule has 4 atom stereocenters. The van der Waals surface area contributed by atoms with Gasteiger partial charge in [0, 0.05) is 12.3 Å². The van der Waals surface area contributed by atoms with Crippen molar-refractivity contribution in [3.05, 3.63) is 33.1 Å². The first kappa shape index (κ1) is 33.4. The van der Waals surface area contributed by atoms with Crippen LogP contribution in [0.2, 0.25) is 54.4 Å². The molecule has 2 rings (SSSR count). The highest BCUT2D eigenvalue weighted by atomic mass is 28.4. The van der Waals surface area contributed by atoms with E-state index in [9.17, 15) is 9.59 Å². The molecule has 1 saturated heterocycles. The second-order valence-corrected chi connectivity index (χ2v) is 29.7. The summed E-state index contributed by atoms with van der Waals surface area (Å²) in [5, 5.41) is -0.0648. The van der Waals surface area contributed by atoms with Crippen LogP contribution in [-0.4, -0.2) is 59.4 Å². The summed E-state index contributed by atoms with van der Waals surface area (Å²) in [6.07, 6.45) is -0.665. The van der Waals surface area contributed by atoms with Crippen LogP contribution in [-0.2, 0) is 18.0 Å². The van der Waals surface area contributed by atoms with E-state index in [0.29, 0.717) is 6.61 Å². The zero-order chi connectivity index (χ0) is 29.7. The van der Waals surface area contributed by atoms with Crippen LogP contribution in [0.3, 0.4) is 0 Å². The first-order valence-corrected chi connectivity index (χ1v) is 22.5. The van der Waals surface area contributed by atoms with Crippen molar-refractivity contribution in [3.8, 4) is 0 Å². The van der Waals surface area contributed by atoms with Gasteiger partial charge < -0.3 is 18.0 Å². The minimum Gasteiger partial charge on any atom is -0.414 e. The average molecular weight is 587 g/mol. The SMILES string of the molecule is CC(C)(C)[Si](C)(C)OCC1OC(n2ccc(=O)[nH]c2=O)C(O[Si](C)(C)C(C)(C)C)C1O[Si](C)(C)C(C)(C)C. The molecule has 1 aliphatic heterocycles. The van der Waals surface area contributed by atoms with Gasteiger partial charge in [-0.3, -0.25) is 14.3 Å². The molecule has 1 aromatic heterocycles. The fourth-order valence-electron chi connectivity index (χ4n) is 3.50. The topological polar surface area (TPSA) is 91.8 Å². The molecule has 0 saturated carbocycles. The van der Waals surface area contributed by atoms with Crippen molar-refractivity contribution < 1.29 is 18.0 Å². The average Bonchev–Trinajstić information content (AvgIpc) is 3.00. The minimum atomic E-state index is -2.32. The van der Waals surface area contributed by atoms with E-state index in [1.54, 1.807) is 0 Å². The summed E-state index contributed by atoms with van der Waals surface area (Å²) < 4.78 is 28.8. The summed E-state index contributed by atoms with van der Waals surface area (Å²) in [5.74, 6) is 0. The molecule has 0 aliphatic carbocycles. The molecule has 0 spiro atoms. The summed E-state index contributed by atoms with van der Waals surface area (Å²) in [7, 11) is -6.68. The van der Waals surface area contributed by atoms with E-state index in [0.717, 1.165) is 0 Å². The summed E-state index contributed by atoms with van der Waals surface area (Å²) in [6, 6.07) is 1.34. The molecule has 0 radical (unpaired) electrons. The third-order valence-corrected chi connectivity index (χ3v) is 22.7. The first-order valence-electron chi connectivity index (χ1n) is 13.8. The van der Waals surface area contributed by atoms with Gasteiger partial charge in [-0.1, -0.05) is 62.3 Å². The molecule has 1 N–H and O–H groups in total. The second-order valence-electron chi connectivity index (χ2n) is 15.3. The molecule has 38 heavy (non-hydrogen) atoms. The van der Waals surface area contributed by atoms with Crippen molar-refractivity contribution in [2.24, 2.45) is 0 Å². The van der Waals surface area contributed by atoms with Crippen LogP contribution in [0.1, 0.15) is 68.5 Å². The van der Waals surface area contributed by atoms with Crippen LogP contribution in [0, 0.1) is 0 Å². The monoisotopic (exact) mass is 586 g/mol. The van der Waals surface area contributed by atoms with Crippen molar-refractivity contribution >= 4 is 25.0 Å². The molecular weight excluding hydrogens is 533 g/mol. The maximum atomic E-state index is 13.0. The van der Waals surface area contributed by atoms with E-state index in [-0.39, 0.29) is 15.1 Å². The Morgan fingerprint density at radius 1 is 0.789 bits per heavy atom. The lowest BCUT2D eigenvalue weighted by atomic mass is 10.1. The maximum absolute atomic E-state index is 13.0. The summed E-state index contributed by atoms with van der Waals surface area (Å²) in [4.78, 5) is 27.2. The number of aromatic amines is 1. The molecule has 8 nitrogen and oxygen atoms in total. The third-order valence-electron chi connectivity index (χ3n) is 9.30. The van der Waals surface area contributed by atoms with Gasteiger partial charge in [0.15, 0.2) is 31.2 Å². The van der Waals surface area contributed by atoms with Crippen LogP contribution in [0.5, 0.6) is 0 Å². The Kier molecular flexibility index (Phi) is 9.54. The molecule has 2 heterocycles. The number of hydrogen-bond donors (Lipinski definition) is 1. The molecule has 4 unspecified atom stereocenters. The number of hydrogen-bond acceptors (Lipinski definition) is 6. The van der Waals surface area contributed by atoms with Crippen molar-refractivity contribution in [1.82, 2.24) is 9.55 Å². The highest BCUT2D eigenvalue weighted by molar-refractivity contribution is 6.75. The van der Waals surface area contributed by atoms with Gasteiger partial charge in [0.25, 0.3) is 5.56 Å². The van der Waals surface area contributed by atoms with Crippen LogP contribution in [0.4, 0.5) is 0 Å². The van der Waals surface area contributed by atoms with E-state index in [2.05, 4.69) is 107 Å². The van der Waals surface area contributed by atoms with Crippen LogP contribution >= 0.6 is 0 Å². The number of ether oxygens (including phenoxy) is 1. The lowest BCUT2D eigenvalue weighted by Crippen LogP contribution is -2.54. The van der Waals surface area contributed by atoms with Gasteiger partial charge in [-0.05, 0) is 54.4 Å². The lowest BCUT2D eigenvalue weighted by Gasteiger charge is -2.44. The summed E-state index contributed by atoms with van der Waals surface area (Å²) in [5.41, 5.74) is -0.971. The van der Waals surface area contributed by atoms with Crippen molar-refractivity contribution in [1.29, 1.82) is 0 Å². The van der Waals surface area contributed by atoms with Gasteiger partial charge in [-0.25, -0.2) is 4.79 Å². The highest BCUT2D eigenvalue weighted by Crippen LogP contribution is 2.46. The molecule has 0 bridgehead atoms. The predicted octanol–water partition coefficient (Wildman–Crippen LogP) is 6.24. The second kappa shape index (κ2) is 10.9. The van der Waals surface area contributed by atoms with Crippen molar-refractivity contribution in [2.45, 2.75) is 141 Å². The van der Waals surface area contributed by atoms with E-state index >= 15 is 0 Å². The van der Waals surface area contributed by atoms with Gasteiger partial charge in [0.05, 0.1) is 6.61 Å². The van der Waals surface area contributed by atoms with Crippen LogP contribution in [0.15, 0.2) is 21.9 Å². The Morgan fingerprint density at radius 3 is 1.66 bits per heavy atom. The largest absolute Gasteiger partial charge is 0.414 e. The Labute approximate surface area is 233 Å². The summed E-state index contributed by atoms with van der Waals surface area (Å²) in [6.45, 7) is 33.5. The van der Waals surface area contributed by atoms with Gasteiger partial charge in [-0.15, -0.1) is 0 Å². The first-order chi connectivity index (χ1) is 16.8. The molecule has 1 aromatic rings. The lowest BCUT2D eigenvalue weighted by molar-refractivity contribution is -0.0510. The number of nitrogens with zero attached hydrogens (tertiary/aromatic N) is 1. The predicted molar refractivity (Wildman–Crippen MR) is 163 cm³/mol. The Morgan fingerprint density at radius 2 is 1.24 bits per heavy atom. The van der Waals surface area contributed by atoms with E-state index in [4.69, 9.17) is 18.0 Å². The Bertz CT molecular complexity index is 1080. The molecule has 1 fully saturated rings. The smallest absolute Gasteiger partial charge is 0.330 e.